The molecule has 12 aromatic rings. The minimum absolute atomic E-state index is 0.00227. The number of halogens is 3. The molecule has 0 N–H and O–H groups in total. The monoisotopic (exact) mass is 1690 g/mol. The molecular formula is C77H70Br2IN11O10S3. The normalized spacial score (nSPS) is 16.6. The van der Waals surface area contributed by atoms with Gasteiger partial charge in [0.15, 0.2) is 16.9 Å². The van der Waals surface area contributed by atoms with Crippen LogP contribution in [0.15, 0.2) is 236 Å². The van der Waals surface area contributed by atoms with Crippen molar-refractivity contribution in [2.45, 2.75) is 45.7 Å². The zero-order valence-corrected chi connectivity index (χ0v) is 63.9. The summed E-state index contributed by atoms with van der Waals surface area (Å²) in [5.41, 5.74) is 8.04. The van der Waals surface area contributed by atoms with Crippen LogP contribution >= 0.6 is 54.5 Å². The number of hydrogen-bond donors (Lipinski definition) is 0. The van der Waals surface area contributed by atoms with Crippen LogP contribution in [0, 0.1) is 15.0 Å². The van der Waals surface area contributed by atoms with Gasteiger partial charge in [-0.05, 0) is 186 Å². The molecule has 27 heteroatoms. The van der Waals surface area contributed by atoms with Gasteiger partial charge >= 0.3 is 0 Å². The summed E-state index contributed by atoms with van der Waals surface area (Å²) in [6.07, 6.45) is 6.37. The lowest BCUT2D eigenvalue weighted by Gasteiger charge is -2.43. The molecule has 11 heterocycles. The number of fused-ring (bicyclic) bond motifs is 3. The summed E-state index contributed by atoms with van der Waals surface area (Å²) in [6.45, 7) is 12.4. The number of ether oxygens (including phenoxy) is 4. The van der Waals surface area contributed by atoms with Gasteiger partial charge in [-0.25, -0.2) is 52.1 Å². The third-order valence-corrected chi connectivity index (χ3v) is 27.2. The van der Waals surface area contributed by atoms with Gasteiger partial charge in [-0.3, -0.25) is 9.80 Å². The molecule has 0 atom stereocenters. The predicted molar refractivity (Wildman–Crippen MR) is 417 cm³/mol. The average molecular weight is 1690 g/mol. The van der Waals surface area contributed by atoms with E-state index in [1.54, 1.807) is 128 Å². The molecule has 21 nitrogen and oxygen atoms in total. The predicted octanol–water partition coefficient (Wildman–Crippen LogP) is 13.4. The van der Waals surface area contributed by atoms with Gasteiger partial charge in [0.05, 0.1) is 87.1 Å². The molecule has 5 aliphatic heterocycles. The molecule has 5 fully saturated rings. The van der Waals surface area contributed by atoms with E-state index in [1.165, 1.54) is 11.9 Å². The molecular weight excluding hydrogens is 1620 g/mol. The number of aromatic nitrogens is 6. The fraction of sp³-hybridized carbons (Fsp3) is 0.247. The first-order valence-corrected chi connectivity index (χ1v) is 41.0. The highest BCUT2D eigenvalue weighted by Crippen LogP contribution is 2.41. The smallest absolute Gasteiger partial charge is 0.270 e. The van der Waals surface area contributed by atoms with Crippen molar-refractivity contribution in [1.29, 1.82) is 5.26 Å². The van der Waals surface area contributed by atoms with E-state index in [2.05, 4.69) is 96.7 Å². The van der Waals surface area contributed by atoms with Crippen molar-refractivity contribution in [1.82, 2.24) is 36.7 Å². The lowest BCUT2D eigenvalue weighted by Crippen LogP contribution is -2.56. The Bertz CT molecular complexity index is 5510. The molecule has 0 aliphatic carbocycles. The van der Waals surface area contributed by atoms with Gasteiger partial charge in [0, 0.05) is 120 Å². The SMILES string of the molecule is N#Cc1cc(-c2ccnc3c2cc(-c2ccc(N4CCN(C5COC5)CC4)cc2)n3S(=O)(=O)c2ccccc2)ccc1OC1CCOCC1.O=S(=O)(c1ccccc1)n1c(-c2ccc(N3CCN(C4COC4)CC3)cc2)cc2c(Br)ccnc21.O=S(=O)(c1ccccc1)n1c(I)cc2c(Br)ccnc21. The number of anilines is 2. The molecule has 0 spiro atoms. The molecule has 17 rings (SSSR count). The molecule has 532 valence electrons. The third kappa shape index (κ3) is 14.3. The molecule has 0 amide bonds. The highest BCUT2D eigenvalue weighted by Gasteiger charge is 2.33. The summed E-state index contributed by atoms with van der Waals surface area (Å²) in [5.74, 6) is 0.534. The Morgan fingerprint density at radius 3 is 1.30 bits per heavy atom. The van der Waals surface area contributed by atoms with Crippen LogP contribution in [0.4, 0.5) is 11.4 Å². The van der Waals surface area contributed by atoms with E-state index in [0.717, 1.165) is 145 Å². The maximum atomic E-state index is 14.3. The Hall–Kier alpha value is -8.38. The number of nitriles is 1. The van der Waals surface area contributed by atoms with Crippen LogP contribution in [0.1, 0.15) is 18.4 Å². The van der Waals surface area contributed by atoms with Crippen LogP contribution in [0.25, 0.3) is 66.7 Å². The Labute approximate surface area is 633 Å². The number of nitrogens with zero attached hydrogens (tertiary/aromatic N) is 11. The van der Waals surface area contributed by atoms with Gasteiger partial charge in [-0.2, -0.15) is 5.26 Å². The second-order valence-corrected chi connectivity index (χ2v) is 33.9. The van der Waals surface area contributed by atoms with E-state index in [9.17, 15) is 30.5 Å². The third-order valence-electron chi connectivity index (χ3n) is 19.5. The Balaban J connectivity index is 0.000000137. The van der Waals surface area contributed by atoms with Crippen molar-refractivity contribution in [2.24, 2.45) is 0 Å². The van der Waals surface area contributed by atoms with Gasteiger partial charge < -0.3 is 28.7 Å². The topological polar surface area (TPSA) is 230 Å². The number of piperazine rings is 2. The van der Waals surface area contributed by atoms with E-state index in [4.69, 9.17) is 18.9 Å². The molecule has 6 aromatic carbocycles. The summed E-state index contributed by atoms with van der Waals surface area (Å²) < 4.78 is 110. The van der Waals surface area contributed by atoms with Gasteiger partial charge in [0.1, 0.15) is 17.9 Å². The molecule has 0 radical (unpaired) electrons. The highest BCUT2D eigenvalue weighted by atomic mass is 127. The Kier molecular flexibility index (Phi) is 21.0. The van der Waals surface area contributed by atoms with E-state index < -0.39 is 30.1 Å². The van der Waals surface area contributed by atoms with E-state index in [0.29, 0.717) is 74.0 Å². The first-order valence-electron chi connectivity index (χ1n) is 34.1. The second-order valence-electron chi connectivity index (χ2n) is 25.7. The fourth-order valence-electron chi connectivity index (χ4n) is 13.7. The second kappa shape index (κ2) is 30.6. The number of rotatable bonds is 15. The van der Waals surface area contributed by atoms with Crippen molar-refractivity contribution >= 4 is 129 Å². The summed E-state index contributed by atoms with van der Waals surface area (Å²) in [6, 6.07) is 61.6. The maximum absolute atomic E-state index is 14.3. The summed E-state index contributed by atoms with van der Waals surface area (Å²) in [4.78, 5) is 23.7. The first kappa shape index (κ1) is 71.2. The Morgan fingerprint density at radius 1 is 0.452 bits per heavy atom. The first-order chi connectivity index (χ1) is 50.5. The average Bonchev–Trinajstić information content (AvgIpc) is 1.58. The minimum atomic E-state index is -4.03. The summed E-state index contributed by atoms with van der Waals surface area (Å²) >= 11 is 8.98. The Morgan fingerprint density at radius 2 is 0.856 bits per heavy atom. The van der Waals surface area contributed by atoms with Gasteiger partial charge in [0.25, 0.3) is 30.1 Å². The number of benzene rings is 6. The molecule has 0 saturated carbocycles. The van der Waals surface area contributed by atoms with Crippen LogP contribution in [0.3, 0.4) is 0 Å². The van der Waals surface area contributed by atoms with Crippen LogP contribution in [0.2, 0.25) is 0 Å². The zero-order valence-electron chi connectivity index (χ0n) is 56.1. The number of pyridine rings is 3. The molecule has 5 saturated heterocycles. The van der Waals surface area contributed by atoms with Crippen molar-refractivity contribution in [3.8, 4) is 45.5 Å². The van der Waals surface area contributed by atoms with E-state index in [1.807, 2.05) is 83.3 Å². The van der Waals surface area contributed by atoms with Gasteiger partial charge in [-0.15, -0.1) is 0 Å². The van der Waals surface area contributed by atoms with Crippen molar-refractivity contribution in [3.63, 3.8) is 0 Å². The fourth-order valence-corrected chi connectivity index (χ4v) is 20.2. The highest BCUT2D eigenvalue weighted by molar-refractivity contribution is 14.1. The molecule has 6 aromatic heterocycles. The van der Waals surface area contributed by atoms with Crippen LogP contribution in [-0.4, -0.2) is 172 Å². The van der Waals surface area contributed by atoms with Crippen molar-refractivity contribution in [2.75, 3.05) is 102 Å². The van der Waals surface area contributed by atoms with Crippen LogP contribution < -0.4 is 14.5 Å². The van der Waals surface area contributed by atoms with E-state index in [-0.39, 0.29) is 20.8 Å². The van der Waals surface area contributed by atoms with Gasteiger partial charge in [0.2, 0.25) is 0 Å². The molecule has 5 aliphatic rings. The lowest BCUT2D eigenvalue weighted by molar-refractivity contribution is -0.0660. The molecule has 0 bridgehead atoms. The lowest BCUT2D eigenvalue weighted by atomic mass is 10.0. The van der Waals surface area contributed by atoms with E-state index >= 15 is 0 Å². The summed E-state index contributed by atoms with van der Waals surface area (Å²) in [7, 11) is -11.5. The quantitative estimate of drug-likeness (QED) is 0.0869. The molecule has 104 heavy (non-hydrogen) atoms. The van der Waals surface area contributed by atoms with Crippen molar-refractivity contribution in [3.05, 3.63) is 231 Å². The molecule has 0 unspecified atom stereocenters. The van der Waals surface area contributed by atoms with Crippen LogP contribution in [0.5, 0.6) is 5.75 Å². The van der Waals surface area contributed by atoms with Gasteiger partial charge in [-0.1, -0.05) is 84.9 Å². The summed E-state index contributed by atoms with van der Waals surface area (Å²) in [5, 5.41) is 12.3. The minimum Gasteiger partial charge on any atom is -0.489 e. The number of hydrogen-bond acceptors (Lipinski definition) is 18. The standard InChI is InChI=1S/C38H37N5O5S.C26H25BrN4O3S.C13H8BrIN2O2S/c39-24-29-22-28(8-11-37(29)48-32-13-20-46-21-14-32)34-12-15-40-38-35(34)23-36(43(38)49(44,45)33-4-2-1-3-5-33)27-6-9-30(10-7-27)41-16-18-42(19-17-41)31-25-47-26-31;27-24-10-11-28-26-23(24)16-25(31(26)35(32,33)22-4-2-1-3-5-22)19-6-8-20(9-7-19)29-12-14-30(15-13-29)21-17-34-18-21;14-11-6-7-16-13-10(11)8-12(15)17(13)20(18,19)9-4-2-1-3-5-9/h1-12,15,22-23,31-32H,13-14,16-21,25-26H2;1-11,16,21H,12-15,17-18H2;1-8H. The maximum Gasteiger partial charge on any atom is 0.270 e. The zero-order chi connectivity index (χ0) is 71.7. The van der Waals surface area contributed by atoms with Crippen LogP contribution in [-0.2, 0) is 44.3 Å². The largest absolute Gasteiger partial charge is 0.489 e. The van der Waals surface area contributed by atoms with Crippen molar-refractivity contribution < 1.29 is 44.2 Å².